The van der Waals surface area contributed by atoms with E-state index in [1.54, 1.807) is 33.1 Å². The second kappa shape index (κ2) is 10.7. The summed E-state index contributed by atoms with van der Waals surface area (Å²) >= 11 is 0. The zero-order valence-electron chi connectivity index (χ0n) is 22.0. The van der Waals surface area contributed by atoms with Crippen LogP contribution in [0, 0.1) is 5.82 Å². The largest absolute Gasteiger partial charge is 0.496 e. The highest BCUT2D eigenvalue weighted by Gasteiger charge is 2.56. The Balaban J connectivity index is 2.06. The van der Waals surface area contributed by atoms with Crippen molar-refractivity contribution >= 4 is 0 Å². The highest BCUT2D eigenvalue weighted by atomic mass is 19.4. The Labute approximate surface area is 216 Å². The molecule has 1 N–H and O–H groups in total. The van der Waals surface area contributed by atoms with Gasteiger partial charge in [0.05, 0.1) is 14.2 Å². The van der Waals surface area contributed by atoms with Crippen molar-refractivity contribution in [3.05, 3.63) is 83.2 Å². The van der Waals surface area contributed by atoms with Crippen molar-refractivity contribution in [3.63, 3.8) is 0 Å². The summed E-state index contributed by atoms with van der Waals surface area (Å²) in [7, 11) is 2.94. The molecule has 0 aliphatic heterocycles. The van der Waals surface area contributed by atoms with E-state index >= 15 is 0 Å². The Kier molecular flexibility index (Phi) is 8.27. The van der Waals surface area contributed by atoms with Crippen LogP contribution in [0.1, 0.15) is 56.7 Å². The number of halogens is 4. The molecule has 0 aromatic heterocycles. The van der Waals surface area contributed by atoms with Crippen molar-refractivity contribution in [3.8, 4) is 22.6 Å². The molecular weight excluding hydrogens is 484 g/mol. The first-order valence-corrected chi connectivity index (χ1v) is 12.1. The SMILES string of the molecule is COc1ccccc1-c1ccc(CC(O)(CC(C)(C)c2cc(F)ccc2OC)C(F)(F)F)c(C(C)C)c1. The van der Waals surface area contributed by atoms with Gasteiger partial charge in [-0.3, -0.25) is 0 Å². The third kappa shape index (κ3) is 6.09. The maximum absolute atomic E-state index is 14.5. The topological polar surface area (TPSA) is 38.7 Å². The predicted molar refractivity (Wildman–Crippen MR) is 138 cm³/mol. The molecule has 0 heterocycles. The van der Waals surface area contributed by atoms with Crippen LogP contribution in [0.25, 0.3) is 11.1 Å². The Morgan fingerprint density at radius 3 is 2.11 bits per heavy atom. The van der Waals surface area contributed by atoms with E-state index in [9.17, 15) is 22.7 Å². The van der Waals surface area contributed by atoms with E-state index in [1.807, 2.05) is 44.2 Å². The smallest absolute Gasteiger partial charge is 0.417 e. The number of hydrogen-bond donors (Lipinski definition) is 1. The number of rotatable bonds is 9. The monoisotopic (exact) mass is 518 g/mol. The lowest BCUT2D eigenvalue weighted by atomic mass is 9.72. The minimum Gasteiger partial charge on any atom is -0.496 e. The van der Waals surface area contributed by atoms with Gasteiger partial charge >= 0.3 is 6.18 Å². The zero-order valence-corrected chi connectivity index (χ0v) is 22.0. The van der Waals surface area contributed by atoms with E-state index in [-0.39, 0.29) is 17.2 Å². The Morgan fingerprint density at radius 2 is 1.51 bits per heavy atom. The molecule has 0 aliphatic carbocycles. The first-order chi connectivity index (χ1) is 17.2. The Hall–Kier alpha value is -3.06. The number of aliphatic hydroxyl groups is 1. The third-order valence-electron chi connectivity index (χ3n) is 6.82. The summed E-state index contributed by atoms with van der Waals surface area (Å²) in [5.74, 6) is 0.231. The number of benzene rings is 3. The Bertz CT molecular complexity index is 1230. The number of alkyl halides is 3. The minimum atomic E-state index is -4.93. The summed E-state index contributed by atoms with van der Waals surface area (Å²) < 4.78 is 68.3. The summed E-state index contributed by atoms with van der Waals surface area (Å²) in [6.07, 6.45) is -6.26. The molecule has 1 atom stereocenters. The summed E-state index contributed by atoms with van der Waals surface area (Å²) in [6, 6.07) is 16.4. The lowest BCUT2D eigenvalue weighted by Gasteiger charge is -2.39. The number of methoxy groups -OCH3 is 2. The normalized spacial score (nSPS) is 13.9. The van der Waals surface area contributed by atoms with Crippen LogP contribution < -0.4 is 9.47 Å². The average molecular weight is 519 g/mol. The molecule has 3 aromatic rings. The van der Waals surface area contributed by atoms with Gasteiger partial charge in [0, 0.05) is 17.5 Å². The third-order valence-corrected chi connectivity index (χ3v) is 6.82. The second-order valence-electron chi connectivity index (χ2n) is 10.4. The molecule has 0 bridgehead atoms. The maximum atomic E-state index is 14.5. The van der Waals surface area contributed by atoms with Crippen molar-refractivity contribution in [2.24, 2.45) is 0 Å². The number of para-hydroxylation sites is 1. The minimum absolute atomic E-state index is 0.0986. The van der Waals surface area contributed by atoms with Gasteiger partial charge in [-0.1, -0.05) is 64.1 Å². The molecule has 0 saturated carbocycles. The fraction of sp³-hybridized carbons (Fsp3) is 0.400. The van der Waals surface area contributed by atoms with Crippen LogP contribution in [-0.4, -0.2) is 31.1 Å². The zero-order chi connectivity index (χ0) is 27.6. The van der Waals surface area contributed by atoms with Gasteiger partial charge in [0.2, 0.25) is 0 Å². The second-order valence-corrected chi connectivity index (χ2v) is 10.4. The van der Waals surface area contributed by atoms with Gasteiger partial charge in [0.15, 0.2) is 5.60 Å². The first kappa shape index (κ1) is 28.5. The van der Waals surface area contributed by atoms with E-state index < -0.39 is 35.9 Å². The molecule has 0 aliphatic rings. The number of hydrogen-bond acceptors (Lipinski definition) is 3. The molecule has 0 spiro atoms. The molecule has 3 nitrogen and oxygen atoms in total. The van der Waals surface area contributed by atoms with Crippen LogP contribution in [0.4, 0.5) is 17.6 Å². The van der Waals surface area contributed by atoms with Gasteiger partial charge in [0.25, 0.3) is 0 Å². The molecule has 7 heteroatoms. The summed E-state index contributed by atoms with van der Waals surface area (Å²) in [4.78, 5) is 0. The number of ether oxygens (including phenoxy) is 2. The van der Waals surface area contributed by atoms with Crippen LogP contribution in [0.15, 0.2) is 60.7 Å². The molecule has 0 saturated heterocycles. The van der Waals surface area contributed by atoms with Crippen molar-refractivity contribution < 1.29 is 32.1 Å². The molecule has 37 heavy (non-hydrogen) atoms. The summed E-state index contributed by atoms with van der Waals surface area (Å²) in [5, 5.41) is 11.2. The van der Waals surface area contributed by atoms with Gasteiger partial charge in [-0.05, 0) is 58.7 Å². The molecular formula is C30H34F4O3. The van der Waals surface area contributed by atoms with Crippen molar-refractivity contribution in [1.82, 2.24) is 0 Å². The summed E-state index contributed by atoms with van der Waals surface area (Å²) in [6.45, 7) is 6.91. The molecule has 3 rings (SSSR count). The van der Waals surface area contributed by atoms with Gasteiger partial charge in [-0.25, -0.2) is 4.39 Å². The van der Waals surface area contributed by atoms with Crippen molar-refractivity contribution in [2.45, 2.75) is 63.6 Å². The Morgan fingerprint density at radius 1 is 0.865 bits per heavy atom. The maximum Gasteiger partial charge on any atom is 0.417 e. The fourth-order valence-electron chi connectivity index (χ4n) is 4.96. The van der Waals surface area contributed by atoms with E-state index in [0.717, 1.165) is 17.2 Å². The van der Waals surface area contributed by atoms with Crippen LogP contribution in [-0.2, 0) is 11.8 Å². The van der Waals surface area contributed by atoms with Crippen LogP contribution in [0.5, 0.6) is 11.5 Å². The predicted octanol–water partition coefficient (Wildman–Crippen LogP) is 7.84. The van der Waals surface area contributed by atoms with Crippen molar-refractivity contribution in [2.75, 3.05) is 14.2 Å². The fourth-order valence-corrected chi connectivity index (χ4v) is 4.96. The lowest BCUT2D eigenvalue weighted by Crippen LogP contribution is -2.51. The highest BCUT2D eigenvalue weighted by Crippen LogP contribution is 2.46. The van der Waals surface area contributed by atoms with Gasteiger partial charge in [0.1, 0.15) is 17.3 Å². The summed E-state index contributed by atoms with van der Waals surface area (Å²) in [5.41, 5.74) is -1.33. The molecule has 3 aromatic carbocycles. The van der Waals surface area contributed by atoms with Crippen molar-refractivity contribution in [1.29, 1.82) is 0 Å². The van der Waals surface area contributed by atoms with Gasteiger partial charge in [-0.15, -0.1) is 0 Å². The average Bonchev–Trinajstić information content (AvgIpc) is 2.83. The van der Waals surface area contributed by atoms with E-state index in [2.05, 4.69) is 0 Å². The van der Waals surface area contributed by atoms with Crippen LogP contribution in [0.3, 0.4) is 0 Å². The molecule has 200 valence electrons. The highest BCUT2D eigenvalue weighted by molar-refractivity contribution is 5.71. The van der Waals surface area contributed by atoms with E-state index in [1.165, 1.54) is 19.2 Å². The van der Waals surface area contributed by atoms with Gasteiger partial charge < -0.3 is 14.6 Å². The van der Waals surface area contributed by atoms with Gasteiger partial charge in [-0.2, -0.15) is 13.2 Å². The standard InChI is InChI=1S/C30H34F4O3/c1-19(2)24-15-20(23-9-7-8-10-26(23)36-5)11-12-21(24)17-29(35,30(32,33)34)18-28(3,4)25-16-22(31)13-14-27(25)37-6/h7-16,19,35H,17-18H2,1-6H3. The van der Waals surface area contributed by atoms with E-state index in [4.69, 9.17) is 9.47 Å². The van der Waals surface area contributed by atoms with Crippen LogP contribution in [0.2, 0.25) is 0 Å². The quantitative estimate of drug-likeness (QED) is 0.293. The molecule has 1 unspecified atom stereocenters. The first-order valence-electron chi connectivity index (χ1n) is 12.1. The molecule has 0 fully saturated rings. The lowest BCUT2D eigenvalue weighted by molar-refractivity contribution is -0.266. The van der Waals surface area contributed by atoms with Crippen LogP contribution >= 0.6 is 0 Å². The van der Waals surface area contributed by atoms with E-state index in [0.29, 0.717) is 16.9 Å². The molecule has 0 radical (unpaired) electrons. The molecule has 0 amide bonds.